The van der Waals surface area contributed by atoms with E-state index in [-0.39, 0.29) is 0 Å². The van der Waals surface area contributed by atoms with Crippen LogP contribution < -0.4 is 5.90 Å². The lowest BCUT2D eigenvalue weighted by Crippen LogP contribution is -2.17. The number of nitrogens with two attached hydrogens (primary N) is 1. The molecule has 1 aliphatic heterocycles. The molecule has 54 valence electrons. The molecular formula is C6H13NOS. The summed E-state index contributed by atoms with van der Waals surface area (Å²) < 4.78 is 0. The first-order chi connectivity index (χ1) is 4.43. The van der Waals surface area contributed by atoms with Crippen molar-refractivity contribution < 1.29 is 4.84 Å². The third-order valence-corrected chi connectivity index (χ3v) is 2.72. The minimum absolute atomic E-state index is 0.733. The molecule has 2 nitrogen and oxygen atoms in total. The molecule has 0 amide bonds. The molecule has 1 rings (SSSR count). The van der Waals surface area contributed by atoms with Gasteiger partial charge in [0, 0.05) is 0 Å². The van der Waals surface area contributed by atoms with Crippen molar-refractivity contribution in [3.63, 3.8) is 0 Å². The van der Waals surface area contributed by atoms with E-state index in [9.17, 15) is 0 Å². The van der Waals surface area contributed by atoms with Crippen LogP contribution in [0.4, 0.5) is 0 Å². The lowest BCUT2D eigenvalue weighted by Gasteiger charge is -2.19. The predicted octanol–water partition coefficient (Wildman–Crippen LogP) is 1.02. The van der Waals surface area contributed by atoms with E-state index >= 15 is 0 Å². The van der Waals surface area contributed by atoms with Gasteiger partial charge in [-0.05, 0) is 30.3 Å². The van der Waals surface area contributed by atoms with Crippen molar-refractivity contribution in [2.75, 3.05) is 18.1 Å². The molecule has 0 aromatic rings. The standard InChI is InChI=1S/C6H13NOS/c7-8-5-6-1-3-9-4-2-6/h6H,1-5,7H2. The molecule has 1 saturated heterocycles. The van der Waals surface area contributed by atoms with Gasteiger partial charge in [-0.25, -0.2) is 5.90 Å². The van der Waals surface area contributed by atoms with E-state index in [1.807, 2.05) is 11.8 Å². The summed E-state index contributed by atoms with van der Waals surface area (Å²) in [4.78, 5) is 4.57. The molecular weight excluding hydrogens is 134 g/mol. The highest BCUT2D eigenvalue weighted by atomic mass is 32.2. The highest BCUT2D eigenvalue weighted by Gasteiger charge is 2.12. The maximum atomic E-state index is 4.95. The molecule has 0 aromatic carbocycles. The van der Waals surface area contributed by atoms with Gasteiger partial charge >= 0.3 is 0 Å². The van der Waals surface area contributed by atoms with Gasteiger partial charge in [0.1, 0.15) is 0 Å². The average Bonchev–Trinajstić information content (AvgIpc) is 1.91. The quantitative estimate of drug-likeness (QED) is 0.592. The summed E-state index contributed by atoms with van der Waals surface area (Å²) in [5.41, 5.74) is 0. The Morgan fingerprint density at radius 1 is 1.44 bits per heavy atom. The molecule has 0 radical (unpaired) electrons. The van der Waals surface area contributed by atoms with Crippen molar-refractivity contribution in [3.05, 3.63) is 0 Å². The van der Waals surface area contributed by atoms with E-state index < -0.39 is 0 Å². The van der Waals surface area contributed by atoms with Crippen LogP contribution >= 0.6 is 11.8 Å². The number of thioether (sulfide) groups is 1. The predicted molar refractivity (Wildman–Crippen MR) is 40.2 cm³/mol. The van der Waals surface area contributed by atoms with E-state index in [1.165, 1.54) is 24.3 Å². The van der Waals surface area contributed by atoms with Gasteiger partial charge in [0.15, 0.2) is 0 Å². The molecule has 3 heteroatoms. The Labute approximate surface area is 60.1 Å². The van der Waals surface area contributed by atoms with E-state index in [2.05, 4.69) is 4.84 Å². The summed E-state index contributed by atoms with van der Waals surface area (Å²) in [6.07, 6.45) is 2.56. The van der Waals surface area contributed by atoms with Gasteiger partial charge in [-0.2, -0.15) is 11.8 Å². The van der Waals surface area contributed by atoms with Crippen molar-refractivity contribution >= 4 is 11.8 Å². The Bertz CT molecular complexity index is 70.7. The molecule has 0 unspecified atom stereocenters. The monoisotopic (exact) mass is 147 g/mol. The van der Waals surface area contributed by atoms with Crippen LogP contribution in [0.2, 0.25) is 0 Å². The van der Waals surface area contributed by atoms with Gasteiger partial charge in [0.05, 0.1) is 6.61 Å². The minimum Gasteiger partial charge on any atom is -0.304 e. The minimum atomic E-state index is 0.733. The second-order valence-electron chi connectivity index (χ2n) is 2.39. The molecule has 0 spiro atoms. The van der Waals surface area contributed by atoms with E-state index in [4.69, 9.17) is 5.90 Å². The zero-order chi connectivity index (χ0) is 6.53. The fourth-order valence-corrected chi connectivity index (χ4v) is 2.25. The first-order valence-corrected chi connectivity index (χ1v) is 4.48. The molecule has 2 N–H and O–H groups in total. The summed E-state index contributed by atoms with van der Waals surface area (Å²) >= 11 is 2.03. The Morgan fingerprint density at radius 3 is 2.67 bits per heavy atom. The maximum Gasteiger partial charge on any atom is 0.0708 e. The van der Waals surface area contributed by atoms with E-state index in [0.29, 0.717) is 0 Å². The van der Waals surface area contributed by atoms with Crippen molar-refractivity contribution in [2.24, 2.45) is 11.8 Å². The van der Waals surface area contributed by atoms with Gasteiger partial charge in [-0.1, -0.05) is 0 Å². The zero-order valence-corrected chi connectivity index (χ0v) is 6.32. The summed E-state index contributed by atoms with van der Waals surface area (Å²) in [6.45, 7) is 0.751. The topological polar surface area (TPSA) is 35.2 Å². The van der Waals surface area contributed by atoms with Crippen molar-refractivity contribution in [1.29, 1.82) is 0 Å². The first kappa shape index (κ1) is 7.38. The Hall–Kier alpha value is 0.270. The summed E-state index contributed by atoms with van der Waals surface area (Å²) in [5, 5.41) is 0. The maximum absolute atomic E-state index is 4.95. The van der Waals surface area contributed by atoms with Crippen LogP contribution in [-0.2, 0) is 4.84 Å². The lowest BCUT2D eigenvalue weighted by atomic mass is 10.1. The largest absolute Gasteiger partial charge is 0.304 e. The fourth-order valence-electron chi connectivity index (χ4n) is 1.05. The third kappa shape index (κ3) is 2.56. The number of hydrogen-bond donors (Lipinski definition) is 1. The van der Waals surface area contributed by atoms with Gasteiger partial charge in [-0.15, -0.1) is 0 Å². The fraction of sp³-hybridized carbons (Fsp3) is 1.00. The van der Waals surface area contributed by atoms with E-state index in [0.717, 1.165) is 12.5 Å². The van der Waals surface area contributed by atoms with Gasteiger partial charge in [0.25, 0.3) is 0 Å². The zero-order valence-electron chi connectivity index (χ0n) is 5.51. The number of rotatable bonds is 2. The molecule has 0 aromatic heterocycles. The van der Waals surface area contributed by atoms with Crippen molar-refractivity contribution in [3.8, 4) is 0 Å². The number of hydrogen-bond acceptors (Lipinski definition) is 3. The molecule has 1 heterocycles. The SMILES string of the molecule is NOCC1CCSCC1. The average molecular weight is 147 g/mol. The van der Waals surface area contributed by atoms with E-state index in [1.54, 1.807) is 0 Å². The van der Waals surface area contributed by atoms with Crippen molar-refractivity contribution in [2.45, 2.75) is 12.8 Å². The second kappa shape index (κ2) is 4.14. The van der Waals surface area contributed by atoms with Crippen LogP contribution in [0.25, 0.3) is 0 Å². The summed E-state index contributed by atoms with van der Waals surface area (Å²) in [6, 6.07) is 0. The third-order valence-electron chi connectivity index (χ3n) is 1.67. The lowest BCUT2D eigenvalue weighted by molar-refractivity contribution is 0.0981. The molecule has 0 saturated carbocycles. The van der Waals surface area contributed by atoms with Gasteiger partial charge < -0.3 is 4.84 Å². The van der Waals surface area contributed by atoms with Crippen LogP contribution in [0.1, 0.15) is 12.8 Å². The Kier molecular flexibility index (Phi) is 3.40. The first-order valence-electron chi connectivity index (χ1n) is 3.33. The van der Waals surface area contributed by atoms with Crippen LogP contribution in [0.5, 0.6) is 0 Å². The van der Waals surface area contributed by atoms with Gasteiger partial charge in [0.2, 0.25) is 0 Å². The molecule has 1 aliphatic rings. The molecule has 0 atom stereocenters. The smallest absolute Gasteiger partial charge is 0.0708 e. The summed E-state index contributed by atoms with van der Waals surface area (Å²) in [5.74, 6) is 8.26. The highest BCUT2D eigenvalue weighted by Crippen LogP contribution is 2.22. The van der Waals surface area contributed by atoms with Crippen molar-refractivity contribution in [1.82, 2.24) is 0 Å². The van der Waals surface area contributed by atoms with Crippen LogP contribution in [-0.4, -0.2) is 18.1 Å². The Morgan fingerprint density at radius 2 is 2.11 bits per heavy atom. The second-order valence-corrected chi connectivity index (χ2v) is 3.61. The molecule has 9 heavy (non-hydrogen) atoms. The molecule has 0 aliphatic carbocycles. The van der Waals surface area contributed by atoms with Crippen LogP contribution in [0.3, 0.4) is 0 Å². The molecule has 1 fully saturated rings. The molecule has 0 bridgehead atoms. The summed E-state index contributed by atoms with van der Waals surface area (Å²) in [7, 11) is 0. The van der Waals surface area contributed by atoms with Gasteiger partial charge in [-0.3, -0.25) is 0 Å². The normalized spacial score (nSPS) is 22.3. The van der Waals surface area contributed by atoms with Crippen LogP contribution in [0.15, 0.2) is 0 Å². The Balaban J connectivity index is 2.08. The van der Waals surface area contributed by atoms with Crippen LogP contribution in [0, 0.1) is 5.92 Å². The highest BCUT2D eigenvalue weighted by molar-refractivity contribution is 7.99.